The van der Waals surface area contributed by atoms with Crippen molar-refractivity contribution in [1.82, 2.24) is 19.6 Å². The van der Waals surface area contributed by atoms with Gasteiger partial charge in [-0.15, -0.1) is 5.10 Å². The summed E-state index contributed by atoms with van der Waals surface area (Å²) >= 11 is 0. The van der Waals surface area contributed by atoms with Crippen LogP contribution in [0.25, 0.3) is 17.2 Å². The number of hydrogen-bond acceptors (Lipinski definition) is 5. The Morgan fingerprint density at radius 2 is 2.19 bits per heavy atom. The number of rotatable bonds is 1. The molecule has 0 spiro atoms. The number of aryl methyl sites for hydroxylation is 1. The number of fused-ring (bicyclic) bond motifs is 1. The average Bonchev–Trinajstić information content (AvgIpc) is 2.82. The van der Waals surface area contributed by atoms with Crippen molar-refractivity contribution in [2.75, 3.05) is 5.73 Å². The molecular weight excluding hydrogens is 206 g/mol. The zero-order valence-corrected chi connectivity index (χ0v) is 8.58. The Labute approximate surface area is 90.7 Å². The van der Waals surface area contributed by atoms with Gasteiger partial charge in [0.05, 0.1) is 0 Å². The van der Waals surface area contributed by atoms with E-state index in [1.54, 1.807) is 16.8 Å². The second-order valence-electron chi connectivity index (χ2n) is 3.42. The lowest BCUT2D eigenvalue weighted by Gasteiger charge is -1.98. The molecule has 0 bridgehead atoms. The highest BCUT2D eigenvalue weighted by Gasteiger charge is 2.10. The Morgan fingerprint density at radius 3 is 2.94 bits per heavy atom. The van der Waals surface area contributed by atoms with E-state index in [0.717, 1.165) is 17.2 Å². The summed E-state index contributed by atoms with van der Waals surface area (Å²) in [5.74, 6) is 2.22. The molecule has 0 aliphatic heterocycles. The van der Waals surface area contributed by atoms with Crippen molar-refractivity contribution >= 4 is 11.7 Å². The summed E-state index contributed by atoms with van der Waals surface area (Å²) in [5, 5.41) is 4.06. The van der Waals surface area contributed by atoms with E-state index in [0.29, 0.717) is 5.78 Å². The molecule has 0 saturated heterocycles. The van der Waals surface area contributed by atoms with Crippen LogP contribution in [0.5, 0.6) is 0 Å². The van der Waals surface area contributed by atoms with Gasteiger partial charge >= 0.3 is 0 Å². The molecule has 3 aromatic rings. The minimum atomic E-state index is 0.197. The summed E-state index contributed by atoms with van der Waals surface area (Å²) in [5.41, 5.74) is 6.31. The third-order valence-corrected chi connectivity index (χ3v) is 2.25. The molecule has 3 heterocycles. The van der Waals surface area contributed by atoms with Crippen molar-refractivity contribution in [3.8, 4) is 11.5 Å². The van der Waals surface area contributed by atoms with Crippen LogP contribution in [-0.2, 0) is 0 Å². The highest BCUT2D eigenvalue weighted by molar-refractivity contribution is 5.56. The molecule has 2 N–H and O–H groups in total. The average molecular weight is 215 g/mol. The molecule has 0 aromatic carbocycles. The minimum absolute atomic E-state index is 0.197. The number of furan rings is 1. The molecule has 0 aliphatic carbocycles. The topological polar surface area (TPSA) is 82.2 Å². The van der Waals surface area contributed by atoms with Crippen LogP contribution in [0.3, 0.4) is 0 Å². The van der Waals surface area contributed by atoms with E-state index in [2.05, 4.69) is 15.1 Å². The third kappa shape index (κ3) is 1.23. The first kappa shape index (κ1) is 8.90. The lowest BCUT2D eigenvalue weighted by atomic mass is 10.3. The van der Waals surface area contributed by atoms with Crippen LogP contribution in [0, 0.1) is 6.92 Å². The van der Waals surface area contributed by atoms with E-state index in [1.807, 2.05) is 19.1 Å². The summed E-state index contributed by atoms with van der Waals surface area (Å²) < 4.78 is 7.09. The Bertz CT molecular complexity index is 654. The van der Waals surface area contributed by atoms with Gasteiger partial charge in [0.1, 0.15) is 11.5 Å². The molecular formula is C10H9N5O. The Hall–Kier alpha value is -2.37. The van der Waals surface area contributed by atoms with Gasteiger partial charge in [-0.3, -0.25) is 0 Å². The molecule has 6 nitrogen and oxygen atoms in total. The maximum absolute atomic E-state index is 5.53. The van der Waals surface area contributed by atoms with E-state index in [1.165, 1.54) is 0 Å². The maximum atomic E-state index is 5.53. The number of hydrogen-bond donors (Lipinski definition) is 1. The van der Waals surface area contributed by atoms with Crippen molar-refractivity contribution in [3.05, 3.63) is 30.2 Å². The quantitative estimate of drug-likeness (QED) is 0.661. The molecule has 0 saturated carbocycles. The maximum Gasteiger partial charge on any atom is 0.254 e. The van der Waals surface area contributed by atoms with Crippen LogP contribution in [0.2, 0.25) is 0 Å². The van der Waals surface area contributed by atoms with Crippen LogP contribution in [-0.4, -0.2) is 19.6 Å². The number of nitrogen functional groups attached to an aromatic ring is 1. The molecule has 16 heavy (non-hydrogen) atoms. The van der Waals surface area contributed by atoms with Crippen molar-refractivity contribution in [2.24, 2.45) is 0 Å². The Kier molecular flexibility index (Phi) is 1.70. The highest BCUT2D eigenvalue weighted by atomic mass is 16.3. The van der Waals surface area contributed by atoms with Gasteiger partial charge in [-0.2, -0.15) is 9.50 Å². The SMILES string of the molecule is Cc1ccc(-c2ccnc3nc(N)nn23)o1. The van der Waals surface area contributed by atoms with Crippen LogP contribution in [0.4, 0.5) is 5.95 Å². The van der Waals surface area contributed by atoms with E-state index in [4.69, 9.17) is 10.2 Å². The monoisotopic (exact) mass is 215 g/mol. The number of nitrogens with two attached hydrogens (primary N) is 1. The van der Waals surface area contributed by atoms with Crippen molar-refractivity contribution < 1.29 is 4.42 Å². The molecule has 0 aliphatic rings. The molecule has 0 atom stereocenters. The highest BCUT2D eigenvalue weighted by Crippen LogP contribution is 2.21. The lowest BCUT2D eigenvalue weighted by Crippen LogP contribution is -1.95. The zero-order valence-electron chi connectivity index (χ0n) is 8.58. The van der Waals surface area contributed by atoms with Gasteiger partial charge in [-0.25, -0.2) is 4.98 Å². The number of nitrogens with zero attached hydrogens (tertiary/aromatic N) is 4. The van der Waals surface area contributed by atoms with Gasteiger partial charge in [0.2, 0.25) is 5.95 Å². The van der Waals surface area contributed by atoms with Gasteiger partial charge in [-0.05, 0) is 25.1 Å². The van der Waals surface area contributed by atoms with E-state index in [9.17, 15) is 0 Å². The van der Waals surface area contributed by atoms with Crippen LogP contribution in [0.15, 0.2) is 28.8 Å². The number of aromatic nitrogens is 4. The molecule has 0 radical (unpaired) electrons. The third-order valence-electron chi connectivity index (χ3n) is 2.25. The lowest BCUT2D eigenvalue weighted by molar-refractivity contribution is 0.544. The van der Waals surface area contributed by atoms with Gasteiger partial charge < -0.3 is 10.2 Å². The molecule has 6 heteroatoms. The minimum Gasteiger partial charge on any atom is -0.460 e. The first-order valence-electron chi connectivity index (χ1n) is 4.78. The van der Waals surface area contributed by atoms with Crippen molar-refractivity contribution in [1.29, 1.82) is 0 Å². The fourth-order valence-electron chi connectivity index (χ4n) is 1.57. The predicted octanol–water partition coefficient (Wildman–Crippen LogP) is 1.27. The van der Waals surface area contributed by atoms with Crippen LogP contribution in [0.1, 0.15) is 5.76 Å². The second kappa shape index (κ2) is 3.06. The summed E-state index contributed by atoms with van der Waals surface area (Å²) in [4.78, 5) is 8.05. The summed E-state index contributed by atoms with van der Waals surface area (Å²) in [6.07, 6.45) is 1.65. The smallest absolute Gasteiger partial charge is 0.254 e. The molecule has 80 valence electrons. The molecule has 0 amide bonds. The first-order valence-corrected chi connectivity index (χ1v) is 4.78. The second-order valence-corrected chi connectivity index (χ2v) is 3.42. The fourth-order valence-corrected chi connectivity index (χ4v) is 1.57. The van der Waals surface area contributed by atoms with Crippen LogP contribution >= 0.6 is 0 Å². The van der Waals surface area contributed by atoms with Gasteiger partial charge in [-0.1, -0.05) is 0 Å². The molecule has 3 aromatic heterocycles. The largest absolute Gasteiger partial charge is 0.460 e. The zero-order chi connectivity index (χ0) is 11.1. The van der Waals surface area contributed by atoms with E-state index in [-0.39, 0.29) is 5.95 Å². The van der Waals surface area contributed by atoms with E-state index >= 15 is 0 Å². The van der Waals surface area contributed by atoms with Gasteiger partial charge in [0.25, 0.3) is 5.78 Å². The first-order chi connectivity index (χ1) is 7.74. The Balaban J connectivity index is 2.30. The summed E-state index contributed by atoms with van der Waals surface area (Å²) in [6, 6.07) is 5.57. The molecule has 0 fully saturated rings. The van der Waals surface area contributed by atoms with Gasteiger partial charge in [0, 0.05) is 6.20 Å². The van der Waals surface area contributed by atoms with Crippen LogP contribution < -0.4 is 5.73 Å². The standard InChI is InChI=1S/C10H9N5O/c1-6-2-3-8(16-6)7-4-5-12-10-13-9(11)14-15(7)10/h2-5H,1H3,(H2,11,14). The van der Waals surface area contributed by atoms with E-state index < -0.39 is 0 Å². The summed E-state index contributed by atoms with van der Waals surface area (Å²) in [6.45, 7) is 1.89. The fraction of sp³-hybridized carbons (Fsp3) is 0.100. The Morgan fingerprint density at radius 1 is 1.31 bits per heavy atom. The molecule has 3 rings (SSSR count). The normalized spacial score (nSPS) is 11.1. The summed E-state index contributed by atoms with van der Waals surface area (Å²) in [7, 11) is 0. The number of anilines is 1. The van der Waals surface area contributed by atoms with Gasteiger partial charge in [0.15, 0.2) is 5.76 Å². The molecule has 0 unspecified atom stereocenters. The predicted molar refractivity (Wildman–Crippen MR) is 57.6 cm³/mol. The van der Waals surface area contributed by atoms with Crippen molar-refractivity contribution in [3.63, 3.8) is 0 Å². The van der Waals surface area contributed by atoms with Crippen molar-refractivity contribution in [2.45, 2.75) is 6.92 Å².